The van der Waals surface area contributed by atoms with Gasteiger partial charge in [-0.1, -0.05) is 27.7 Å². The van der Waals surface area contributed by atoms with Crippen LogP contribution in [-0.4, -0.2) is 46.2 Å². The van der Waals surface area contributed by atoms with E-state index < -0.39 is 28.8 Å². The molecule has 28 heavy (non-hydrogen) atoms. The second-order valence-corrected chi connectivity index (χ2v) is 11.8. The van der Waals surface area contributed by atoms with Gasteiger partial charge >= 0.3 is 0 Å². The summed E-state index contributed by atoms with van der Waals surface area (Å²) in [7, 11) is 0. The summed E-state index contributed by atoms with van der Waals surface area (Å²) in [4.78, 5) is 13.8. The van der Waals surface area contributed by atoms with E-state index in [0.29, 0.717) is 6.42 Å². The summed E-state index contributed by atoms with van der Waals surface area (Å²) in [5.41, 5.74) is -1.33. The van der Waals surface area contributed by atoms with Gasteiger partial charge in [0.15, 0.2) is 5.79 Å². The number of aliphatic hydroxyl groups excluding tert-OH is 2. The smallest absolute Gasteiger partial charge is 0.163 e. The molecule has 1 aliphatic heterocycles. The fourth-order valence-electron chi connectivity index (χ4n) is 8.69. The quantitative estimate of drug-likeness (QED) is 0.663. The summed E-state index contributed by atoms with van der Waals surface area (Å²) in [6.45, 7) is 12.6. The zero-order chi connectivity index (χ0) is 20.4. The molecule has 5 fully saturated rings. The van der Waals surface area contributed by atoms with Crippen molar-refractivity contribution in [2.24, 2.45) is 39.9 Å². The molecule has 2 N–H and O–H groups in total. The summed E-state index contributed by atoms with van der Waals surface area (Å²) < 4.78 is 12.9. The number of carbonyl (C=O) groups excluding carboxylic acids is 1. The normalized spacial score (nSPS) is 58.8. The Labute approximate surface area is 168 Å². The van der Waals surface area contributed by atoms with E-state index >= 15 is 0 Å². The highest BCUT2D eigenvalue weighted by atomic mass is 16.7. The molecule has 5 heteroatoms. The highest BCUT2D eigenvalue weighted by Gasteiger charge is 2.80. The third-order valence-electron chi connectivity index (χ3n) is 9.72. The topological polar surface area (TPSA) is 76.0 Å². The molecule has 10 atom stereocenters. The standard InChI is InChI=1S/C23H36O5/c1-11-12-9-13(24)17-22(6)14(20(2,3)8-7-15(22)25)10-16-23(17,18(11)26)19(12)28-21(4,5)27-16/h11-17,19,24-25H,7-10H2,1-6H3. The molecule has 0 aromatic heterocycles. The van der Waals surface area contributed by atoms with Gasteiger partial charge in [0.25, 0.3) is 0 Å². The van der Waals surface area contributed by atoms with Crippen molar-refractivity contribution in [2.45, 2.75) is 97.4 Å². The van der Waals surface area contributed by atoms with Gasteiger partial charge in [0.1, 0.15) is 5.78 Å². The molecule has 2 bridgehead atoms. The molecule has 4 aliphatic carbocycles. The van der Waals surface area contributed by atoms with E-state index in [1.165, 1.54) is 0 Å². The summed E-state index contributed by atoms with van der Waals surface area (Å²) in [6, 6.07) is 0. The van der Waals surface area contributed by atoms with Gasteiger partial charge in [-0.15, -0.1) is 0 Å². The van der Waals surface area contributed by atoms with Crippen LogP contribution in [0, 0.1) is 39.9 Å². The van der Waals surface area contributed by atoms with Crippen LogP contribution < -0.4 is 0 Å². The van der Waals surface area contributed by atoms with Gasteiger partial charge in [0, 0.05) is 17.3 Å². The molecule has 4 saturated carbocycles. The highest BCUT2D eigenvalue weighted by molar-refractivity contribution is 5.92. The number of hydrogen-bond donors (Lipinski definition) is 2. The number of rotatable bonds is 0. The van der Waals surface area contributed by atoms with Crippen LogP contribution in [0.1, 0.15) is 67.2 Å². The molecule has 0 radical (unpaired) electrons. The first-order valence-electron chi connectivity index (χ1n) is 11.1. The monoisotopic (exact) mass is 392 g/mol. The lowest BCUT2D eigenvalue weighted by atomic mass is 9.38. The molecule has 0 aromatic rings. The first kappa shape index (κ1) is 19.5. The van der Waals surface area contributed by atoms with E-state index in [1.807, 2.05) is 20.8 Å². The third kappa shape index (κ3) is 2.00. The van der Waals surface area contributed by atoms with Crippen molar-refractivity contribution in [3.63, 3.8) is 0 Å². The lowest BCUT2D eigenvalue weighted by Gasteiger charge is -2.70. The van der Waals surface area contributed by atoms with Crippen LogP contribution in [0.25, 0.3) is 0 Å². The average Bonchev–Trinajstić information content (AvgIpc) is 2.72. The molecule has 0 aromatic carbocycles. The SMILES string of the molecule is CC1C(=O)C23C4CC5C(C)(C)CCC(O)C5(C)C2C(O)CC1C3OC(C)(C)O4. The summed E-state index contributed by atoms with van der Waals surface area (Å²) in [5.74, 6) is -0.794. The highest BCUT2D eigenvalue weighted by Crippen LogP contribution is 2.73. The predicted molar refractivity (Wildman–Crippen MR) is 103 cm³/mol. The number of ketones is 1. The third-order valence-corrected chi connectivity index (χ3v) is 9.72. The van der Waals surface area contributed by atoms with E-state index in [9.17, 15) is 15.0 Å². The predicted octanol–water partition coefficient (Wildman–Crippen LogP) is 2.92. The maximum Gasteiger partial charge on any atom is 0.163 e. The summed E-state index contributed by atoms with van der Waals surface area (Å²) in [5, 5.41) is 22.7. The van der Waals surface area contributed by atoms with Crippen LogP contribution >= 0.6 is 0 Å². The molecular weight excluding hydrogens is 356 g/mol. The minimum Gasteiger partial charge on any atom is -0.393 e. The minimum atomic E-state index is -0.836. The Balaban J connectivity index is 1.75. The molecule has 1 saturated heterocycles. The summed E-state index contributed by atoms with van der Waals surface area (Å²) in [6.07, 6.45) is 1.37. The molecule has 1 heterocycles. The average molecular weight is 393 g/mol. The zero-order valence-corrected chi connectivity index (χ0v) is 18.1. The van der Waals surface area contributed by atoms with Gasteiger partial charge in [-0.2, -0.15) is 0 Å². The van der Waals surface area contributed by atoms with E-state index in [1.54, 1.807) is 0 Å². The van der Waals surface area contributed by atoms with Crippen LogP contribution in [0.15, 0.2) is 0 Å². The maximum atomic E-state index is 13.8. The Morgan fingerprint density at radius 1 is 1.04 bits per heavy atom. The Bertz CT molecular complexity index is 716. The molecule has 1 spiro atoms. The number of hydrogen-bond acceptors (Lipinski definition) is 5. The minimum absolute atomic E-state index is 0.0262. The van der Waals surface area contributed by atoms with Crippen LogP contribution in [0.4, 0.5) is 0 Å². The maximum absolute atomic E-state index is 13.8. The van der Waals surface area contributed by atoms with Crippen molar-refractivity contribution < 1.29 is 24.5 Å². The van der Waals surface area contributed by atoms with Gasteiger partial charge < -0.3 is 19.7 Å². The van der Waals surface area contributed by atoms with Gasteiger partial charge in [-0.3, -0.25) is 4.79 Å². The Morgan fingerprint density at radius 2 is 1.71 bits per heavy atom. The fraction of sp³-hybridized carbons (Fsp3) is 0.957. The van der Waals surface area contributed by atoms with Gasteiger partial charge in [0.05, 0.1) is 29.8 Å². The van der Waals surface area contributed by atoms with Crippen LogP contribution in [0.5, 0.6) is 0 Å². The molecule has 5 rings (SSSR count). The van der Waals surface area contributed by atoms with Crippen LogP contribution in [-0.2, 0) is 14.3 Å². The van der Waals surface area contributed by atoms with Gasteiger partial charge in [0.2, 0.25) is 0 Å². The molecule has 5 nitrogen and oxygen atoms in total. The number of aliphatic hydroxyl groups is 2. The number of ether oxygens (including phenoxy) is 2. The van der Waals surface area contributed by atoms with Crippen molar-refractivity contribution in [3.8, 4) is 0 Å². The van der Waals surface area contributed by atoms with Crippen molar-refractivity contribution in [2.75, 3.05) is 0 Å². The van der Waals surface area contributed by atoms with Crippen molar-refractivity contribution >= 4 is 5.78 Å². The largest absolute Gasteiger partial charge is 0.393 e. The summed E-state index contributed by atoms with van der Waals surface area (Å²) >= 11 is 0. The van der Waals surface area contributed by atoms with E-state index in [4.69, 9.17) is 9.47 Å². The lowest BCUT2D eigenvalue weighted by Crippen LogP contribution is -2.76. The van der Waals surface area contributed by atoms with E-state index in [-0.39, 0.29) is 47.1 Å². The number of fused-ring (bicyclic) bond motifs is 2. The molecule has 5 aliphatic rings. The molecular formula is C23H36O5. The van der Waals surface area contributed by atoms with Crippen molar-refractivity contribution in [1.82, 2.24) is 0 Å². The molecule has 0 amide bonds. The number of carbonyl (C=O) groups is 1. The Hall–Kier alpha value is -0.490. The lowest BCUT2D eigenvalue weighted by molar-refractivity contribution is -0.394. The van der Waals surface area contributed by atoms with Crippen LogP contribution in [0.3, 0.4) is 0 Å². The van der Waals surface area contributed by atoms with Gasteiger partial charge in [-0.25, -0.2) is 0 Å². The number of Topliss-reactive ketones (excluding diaryl/α,β-unsaturated/α-hetero) is 1. The Kier molecular flexibility index (Phi) is 3.76. The molecule has 10 unspecified atom stereocenters. The first-order valence-corrected chi connectivity index (χ1v) is 11.1. The molecule has 158 valence electrons. The second kappa shape index (κ2) is 5.40. The first-order chi connectivity index (χ1) is 12.9. The van der Waals surface area contributed by atoms with E-state index in [2.05, 4.69) is 20.8 Å². The van der Waals surface area contributed by atoms with Gasteiger partial charge in [-0.05, 0) is 56.8 Å². The fourth-order valence-corrected chi connectivity index (χ4v) is 8.69. The van der Waals surface area contributed by atoms with Crippen molar-refractivity contribution in [1.29, 1.82) is 0 Å². The Morgan fingerprint density at radius 3 is 2.39 bits per heavy atom. The van der Waals surface area contributed by atoms with Crippen LogP contribution in [0.2, 0.25) is 0 Å². The van der Waals surface area contributed by atoms with E-state index in [0.717, 1.165) is 19.3 Å². The zero-order valence-electron chi connectivity index (χ0n) is 18.1. The second-order valence-electron chi connectivity index (χ2n) is 11.8. The van der Waals surface area contributed by atoms with Crippen molar-refractivity contribution in [3.05, 3.63) is 0 Å².